The average molecular weight is 362 g/mol. The maximum Gasteiger partial charge on any atom is 0.243 e. The van der Waals surface area contributed by atoms with Gasteiger partial charge in [0.1, 0.15) is 5.82 Å². The van der Waals surface area contributed by atoms with E-state index in [0.717, 1.165) is 5.69 Å². The largest absolute Gasteiger partial charge is 0.369 e. The molecule has 1 saturated heterocycles. The minimum Gasteiger partial charge on any atom is -0.369 e. The number of hydrogen-bond acceptors (Lipinski definition) is 3. The van der Waals surface area contributed by atoms with Crippen LogP contribution in [0, 0.1) is 5.82 Å². The number of rotatable bonds is 4. The molecule has 0 spiro atoms. The Bertz CT molecular complexity index is 810. The minimum atomic E-state index is -3.56. The molecule has 4 nitrogen and oxygen atoms in total. The Hall–Kier alpha value is -1.92. The summed E-state index contributed by atoms with van der Waals surface area (Å²) in [7, 11) is -3.56. The van der Waals surface area contributed by atoms with Crippen LogP contribution in [0.1, 0.15) is 25.3 Å². The zero-order valence-electron chi connectivity index (χ0n) is 14.5. The summed E-state index contributed by atoms with van der Waals surface area (Å²) in [6.07, 6.45) is 0. The number of benzene rings is 2. The second-order valence-electron chi connectivity index (χ2n) is 6.59. The van der Waals surface area contributed by atoms with Crippen LogP contribution in [0.4, 0.5) is 10.1 Å². The van der Waals surface area contributed by atoms with Gasteiger partial charge in [0.05, 0.1) is 4.90 Å². The molecule has 2 aromatic rings. The minimum absolute atomic E-state index is 0.142. The smallest absolute Gasteiger partial charge is 0.243 e. The molecule has 0 saturated carbocycles. The summed E-state index contributed by atoms with van der Waals surface area (Å²) in [5.41, 5.74) is 2.41. The monoisotopic (exact) mass is 362 g/mol. The van der Waals surface area contributed by atoms with Gasteiger partial charge < -0.3 is 4.90 Å². The molecule has 1 aliphatic heterocycles. The lowest BCUT2D eigenvalue weighted by Crippen LogP contribution is -2.48. The first-order chi connectivity index (χ1) is 11.9. The van der Waals surface area contributed by atoms with Gasteiger partial charge in [-0.1, -0.05) is 26.0 Å². The van der Waals surface area contributed by atoms with Gasteiger partial charge in [0, 0.05) is 31.9 Å². The zero-order chi connectivity index (χ0) is 18.0. The molecular weight excluding hydrogens is 339 g/mol. The molecule has 134 valence electrons. The topological polar surface area (TPSA) is 40.6 Å². The molecule has 0 radical (unpaired) electrons. The number of halogens is 1. The van der Waals surface area contributed by atoms with Crippen LogP contribution in [-0.2, 0) is 10.0 Å². The number of hydrogen-bond donors (Lipinski definition) is 0. The first-order valence-corrected chi connectivity index (χ1v) is 9.92. The Morgan fingerprint density at radius 2 is 1.44 bits per heavy atom. The molecule has 3 rings (SSSR count). The standard InChI is InChI=1S/C19H23FN2O2S/c1-15(2)16-3-7-18(8-4-16)21-11-13-22(14-12-21)25(23,24)19-9-5-17(20)6-10-19/h3-10,15H,11-14H2,1-2H3. The summed E-state index contributed by atoms with van der Waals surface area (Å²) in [5, 5.41) is 0. The maximum atomic E-state index is 13.0. The summed E-state index contributed by atoms with van der Waals surface area (Å²) in [6.45, 7) is 6.45. The first kappa shape index (κ1) is 17.9. The molecule has 0 aliphatic carbocycles. The highest BCUT2D eigenvalue weighted by atomic mass is 32.2. The van der Waals surface area contributed by atoms with Crippen molar-refractivity contribution in [3.8, 4) is 0 Å². The van der Waals surface area contributed by atoms with E-state index in [1.54, 1.807) is 0 Å². The van der Waals surface area contributed by atoms with Crippen molar-refractivity contribution in [3.63, 3.8) is 0 Å². The SMILES string of the molecule is CC(C)c1ccc(N2CCN(S(=O)(=O)c3ccc(F)cc3)CC2)cc1. The molecule has 2 aromatic carbocycles. The van der Waals surface area contributed by atoms with Crippen molar-refractivity contribution in [2.75, 3.05) is 31.1 Å². The van der Waals surface area contributed by atoms with Crippen LogP contribution in [-0.4, -0.2) is 38.9 Å². The quantitative estimate of drug-likeness (QED) is 0.836. The van der Waals surface area contributed by atoms with Crippen molar-refractivity contribution in [3.05, 3.63) is 59.9 Å². The van der Waals surface area contributed by atoms with Crippen LogP contribution in [0.25, 0.3) is 0 Å². The lowest BCUT2D eigenvalue weighted by molar-refractivity contribution is 0.385. The highest BCUT2D eigenvalue weighted by Crippen LogP contribution is 2.23. The Balaban J connectivity index is 1.68. The molecule has 1 aliphatic rings. The number of nitrogens with zero attached hydrogens (tertiary/aromatic N) is 2. The highest BCUT2D eigenvalue weighted by Gasteiger charge is 2.28. The predicted molar refractivity (Wildman–Crippen MR) is 97.9 cm³/mol. The molecule has 0 bridgehead atoms. The molecule has 0 aromatic heterocycles. The Morgan fingerprint density at radius 3 is 1.96 bits per heavy atom. The Morgan fingerprint density at radius 1 is 0.880 bits per heavy atom. The van der Waals surface area contributed by atoms with Gasteiger partial charge in [0.25, 0.3) is 0 Å². The summed E-state index contributed by atoms with van der Waals surface area (Å²) >= 11 is 0. The van der Waals surface area contributed by atoms with Gasteiger partial charge in [-0.15, -0.1) is 0 Å². The van der Waals surface area contributed by atoms with Crippen LogP contribution in [0.2, 0.25) is 0 Å². The highest BCUT2D eigenvalue weighted by molar-refractivity contribution is 7.89. The third-order valence-corrected chi connectivity index (χ3v) is 6.53. The van der Waals surface area contributed by atoms with E-state index in [9.17, 15) is 12.8 Å². The Labute approximate surface area is 148 Å². The summed E-state index contributed by atoms with van der Waals surface area (Å²) < 4.78 is 39.8. The van der Waals surface area contributed by atoms with E-state index in [4.69, 9.17) is 0 Å². The van der Waals surface area contributed by atoms with Crippen molar-refractivity contribution in [2.45, 2.75) is 24.7 Å². The third kappa shape index (κ3) is 3.85. The molecule has 6 heteroatoms. The van der Waals surface area contributed by atoms with Gasteiger partial charge in [0.2, 0.25) is 10.0 Å². The van der Waals surface area contributed by atoms with Gasteiger partial charge in [0.15, 0.2) is 0 Å². The summed E-state index contributed by atoms with van der Waals surface area (Å²) in [5.74, 6) is 0.0559. The second-order valence-corrected chi connectivity index (χ2v) is 8.53. The van der Waals surface area contributed by atoms with E-state index in [1.165, 1.54) is 34.1 Å². The molecule has 1 fully saturated rings. The fourth-order valence-corrected chi connectivity index (χ4v) is 4.43. The maximum absolute atomic E-state index is 13.0. The fourth-order valence-electron chi connectivity index (χ4n) is 3.01. The molecule has 0 amide bonds. The van der Waals surface area contributed by atoms with Crippen molar-refractivity contribution < 1.29 is 12.8 Å². The second kappa shape index (κ2) is 7.14. The zero-order valence-corrected chi connectivity index (χ0v) is 15.3. The van der Waals surface area contributed by atoms with Crippen molar-refractivity contribution >= 4 is 15.7 Å². The van der Waals surface area contributed by atoms with Gasteiger partial charge in [-0.25, -0.2) is 12.8 Å². The Kier molecular flexibility index (Phi) is 5.11. The normalized spacial score (nSPS) is 16.4. The lowest BCUT2D eigenvalue weighted by atomic mass is 10.0. The van der Waals surface area contributed by atoms with E-state index in [1.807, 2.05) is 0 Å². The molecule has 0 N–H and O–H groups in total. The van der Waals surface area contributed by atoms with Crippen molar-refractivity contribution in [1.29, 1.82) is 0 Å². The van der Waals surface area contributed by atoms with Crippen LogP contribution < -0.4 is 4.90 Å². The molecule has 0 unspecified atom stereocenters. The van der Waals surface area contributed by atoms with E-state index in [-0.39, 0.29) is 4.90 Å². The van der Waals surface area contributed by atoms with E-state index in [0.29, 0.717) is 32.1 Å². The van der Waals surface area contributed by atoms with Crippen LogP contribution in [0.5, 0.6) is 0 Å². The fraction of sp³-hybridized carbons (Fsp3) is 0.368. The average Bonchev–Trinajstić information content (AvgIpc) is 2.62. The molecular formula is C19H23FN2O2S. The molecule has 25 heavy (non-hydrogen) atoms. The summed E-state index contributed by atoms with van der Waals surface area (Å²) in [4.78, 5) is 2.34. The van der Waals surface area contributed by atoms with Crippen molar-refractivity contribution in [2.24, 2.45) is 0 Å². The molecule has 0 atom stereocenters. The molecule has 1 heterocycles. The van der Waals surface area contributed by atoms with Crippen LogP contribution >= 0.6 is 0 Å². The number of sulfonamides is 1. The van der Waals surface area contributed by atoms with E-state index >= 15 is 0 Å². The van der Waals surface area contributed by atoms with Gasteiger partial charge in [-0.3, -0.25) is 0 Å². The third-order valence-electron chi connectivity index (χ3n) is 4.61. The number of anilines is 1. The number of piperazine rings is 1. The van der Waals surface area contributed by atoms with Crippen LogP contribution in [0.3, 0.4) is 0 Å². The van der Waals surface area contributed by atoms with E-state index in [2.05, 4.69) is 43.0 Å². The van der Waals surface area contributed by atoms with Crippen molar-refractivity contribution in [1.82, 2.24) is 4.31 Å². The first-order valence-electron chi connectivity index (χ1n) is 8.48. The van der Waals surface area contributed by atoms with Crippen LogP contribution in [0.15, 0.2) is 53.4 Å². The summed E-state index contributed by atoms with van der Waals surface area (Å²) in [6, 6.07) is 13.4. The van der Waals surface area contributed by atoms with Gasteiger partial charge >= 0.3 is 0 Å². The van der Waals surface area contributed by atoms with Gasteiger partial charge in [-0.05, 0) is 47.9 Å². The van der Waals surface area contributed by atoms with Gasteiger partial charge in [-0.2, -0.15) is 4.31 Å². The van der Waals surface area contributed by atoms with E-state index < -0.39 is 15.8 Å². The predicted octanol–water partition coefficient (Wildman–Crippen LogP) is 3.46. The lowest BCUT2D eigenvalue weighted by Gasteiger charge is -2.35.